The predicted molar refractivity (Wildman–Crippen MR) is 130 cm³/mol. The van der Waals surface area contributed by atoms with E-state index in [2.05, 4.69) is 31.2 Å². The third kappa shape index (κ3) is 2.41. The normalized spacial score (nSPS) is 44.9. The second-order valence-corrected chi connectivity index (χ2v) is 12.4. The fraction of sp³-hybridized carbons (Fsp3) is 0.680. The van der Waals surface area contributed by atoms with Crippen LogP contribution in [0.25, 0.3) is 0 Å². The number of nitrogens with zero attached hydrogens (tertiary/aromatic N) is 2. The molecular weight excluding hydrogens is 480 g/mol. The van der Waals surface area contributed by atoms with Crippen LogP contribution in [0, 0.1) is 53.3 Å². The van der Waals surface area contributed by atoms with E-state index < -0.39 is 23.3 Å². The van der Waals surface area contributed by atoms with Gasteiger partial charge in [-0.25, -0.2) is 9.97 Å². The van der Waals surface area contributed by atoms with Crippen LogP contribution in [0.4, 0.5) is 0 Å². The number of amides is 3. The molecule has 2 saturated heterocycles. The highest BCUT2D eigenvalue weighted by Crippen LogP contribution is 2.88. The van der Waals surface area contributed by atoms with Crippen molar-refractivity contribution in [1.82, 2.24) is 31.2 Å². The second-order valence-electron chi connectivity index (χ2n) is 12.0. The van der Waals surface area contributed by atoms with Gasteiger partial charge in [-0.05, 0) is 49.0 Å². The van der Waals surface area contributed by atoms with Crippen molar-refractivity contribution in [2.45, 2.75) is 50.5 Å². The lowest BCUT2D eigenvalue weighted by atomic mass is 9.50. The van der Waals surface area contributed by atoms with Crippen molar-refractivity contribution in [2.24, 2.45) is 53.3 Å². The van der Waals surface area contributed by atoms with E-state index in [1.165, 1.54) is 0 Å². The van der Waals surface area contributed by atoms with Gasteiger partial charge < -0.3 is 26.4 Å². The molecule has 0 radical (unpaired) electrons. The smallest absolute Gasteiger partial charge is 0.254 e. The number of aromatic nitrogens is 2. The third-order valence-electron chi connectivity index (χ3n) is 10.3. The SMILES string of the molecule is CC(NC(=S)c1ncccn1)C(=O)NC(C(=O)NC12NC(=O)C3(O)C4C5CC(C6C5C3C61)C42)C(C)C. The summed E-state index contributed by atoms with van der Waals surface area (Å²) < 4.78 is 0. The van der Waals surface area contributed by atoms with E-state index in [1.807, 2.05) is 13.8 Å². The van der Waals surface area contributed by atoms with Crippen molar-refractivity contribution in [2.75, 3.05) is 0 Å². The van der Waals surface area contributed by atoms with E-state index in [4.69, 9.17) is 12.2 Å². The van der Waals surface area contributed by atoms with Gasteiger partial charge in [-0.2, -0.15) is 0 Å². The van der Waals surface area contributed by atoms with Crippen molar-refractivity contribution < 1.29 is 19.5 Å². The molecule has 10 nitrogen and oxygen atoms in total. The molecule has 0 aromatic carbocycles. The number of fused-ring (bicyclic) bond motifs is 1. The molecule has 3 heterocycles. The molecule has 1 aromatic rings. The van der Waals surface area contributed by atoms with Crippen molar-refractivity contribution >= 4 is 34.9 Å². The molecule has 36 heavy (non-hydrogen) atoms. The van der Waals surface area contributed by atoms with Crippen LogP contribution >= 0.6 is 12.2 Å². The number of nitrogens with one attached hydrogen (secondary N) is 4. The van der Waals surface area contributed by atoms with Crippen LogP contribution in [-0.4, -0.2) is 61.1 Å². The van der Waals surface area contributed by atoms with Gasteiger partial charge in [0.25, 0.3) is 5.91 Å². The Bertz CT molecular complexity index is 1210. The average Bonchev–Trinajstić information content (AvgIpc) is 3.38. The molecule has 12 atom stereocenters. The largest absolute Gasteiger partial charge is 0.379 e. The molecule has 0 spiro atoms. The van der Waals surface area contributed by atoms with Crippen LogP contribution in [0.3, 0.4) is 0 Å². The maximum atomic E-state index is 13.7. The molecule has 7 fully saturated rings. The minimum atomic E-state index is -1.27. The van der Waals surface area contributed by atoms with E-state index in [0.29, 0.717) is 29.5 Å². The minimum absolute atomic E-state index is 0.0616. The summed E-state index contributed by atoms with van der Waals surface area (Å²) in [5, 5.41) is 23.6. The first-order valence-corrected chi connectivity index (χ1v) is 13.3. The molecule has 7 aliphatic rings. The van der Waals surface area contributed by atoms with E-state index >= 15 is 0 Å². The summed E-state index contributed by atoms with van der Waals surface area (Å²) in [6.45, 7) is 5.42. The highest BCUT2D eigenvalue weighted by atomic mass is 32.1. The summed E-state index contributed by atoms with van der Waals surface area (Å²) in [6, 6.07) is 0.172. The first-order chi connectivity index (χ1) is 17.1. The summed E-state index contributed by atoms with van der Waals surface area (Å²) in [6.07, 6.45) is 4.19. The number of aliphatic hydroxyl groups is 1. The highest BCUT2D eigenvalue weighted by molar-refractivity contribution is 7.80. The number of carbonyl (C=O) groups excluding carboxylic acids is 3. The lowest BCUT2D eigenvalue weighted by Gasteiger charge is -2.63. The van der Waals surface area contributed by atoms with Gasteiger partial charge >= 0.3 is 0 Å². The van der Waals surface area contributed by atoms with Gasteiger partial charge in [-0.15, -0.1) is 0 Å². The minimum Gasteiger partial charge on any atom is -0.379 e. The monoisotopic (exact) mass is 510 g/mol. The summed E-state index contributed by atoms with van der Waals surface area (Å²) in [5.74, 6) is 0.840. The van der Waals surface area contributed by atoms with E-state index in [-0.39, 0.29) is 52.3 Å². The zero-order valence-electron chi connectivity index (χ0n) is 20.3. The van der Waals surface area contributed by atoms with Crippen LogP contribution < -0.4 is 21.3 Å². The van der Waals surface area contributed by atoms with Crippen LogP contribution in [0.5, 0.6) is 0 Å². The van der Waals surface area contributed by atoms with Gasteiger partial charge in [0.05, 0.1) is 0 Å². The van der Waals surface area contributed by atoms with E-state index in [9.17, 15) is 19.5 Å². The molecular formula is C25H30N6O4S. The Morgan fingerprint density at radius 3 is 2.42 bits per heavy atom. The lowest BCUT2D eigenvalue weighted by molar-refractivity contribution is -0.214. The van der Waals surface area contributed by atoms with Crippen molar-refractivity contribution in [1.29, 1.82) is 0 Å². The average molecular weight is 511 g/mol. The first-order valence-electron chi connectivity index (χ1n) is 12.9. The van der Waals surface area contributed by atoms with Crippen LogP contribution in [0.15, 0.2) is 18.5 Å². The molecule has 12 unspecified atom stereocenters. The number of hydrogen-bond donors (Lipinski definition) is 5. The second kappa shape index (κ2) is 7.00. The van der Waals surface area contributed by atoms with Crippen molar-refractivity contribution in [3.63, 3.8) is 0 Å². The number of piperidine rings is 2. The number of carbonyl (C=O) groups is 3. The van der Waals surface area contributed by atoms with Gasteiger partial charge in [-0.1, -0.05) is 26.1 Å². The van der Waals surface area contributed by atoms with Gasteiger partial charge in [0.2, 0.25) is 11.8 Å². The molecule has 3 amide bonds. The van der Waals surface area contributed by atoms with Crippen LogP contribution in [-0.2, 0) is 14.4 Å². The van der Waals surface area contributed by atoms with Gasteiger partial charge in [0, 0.05) is 36.1 Å². The Hall–Kier alpha value is -2.66. The zero-order chi connectivity index (χ0) is 25.3. The highest BCUT2D eigenvalue weighted by Gasteiger charge is 2.95. The fourth-order valence-corrected chi connectivity index (χ4v) is 9.74. The summed E-state index contributed by atoms with van der Waals surface area (Å²) >= 11 is 5.32. The zero-order valence-corrected chi connectivity index (χ0v) is 21.1. The summed E-state index contributed by atoms with van der Waals surface area (Å²) in [7, 11) is 0. The van der Waals surface area contributed by atoms with Crippen LogP contribution in [0.2, 0.25) is 0 Å². The van der Waals surface area contributed by atoms with E-state index in [0.717, 1.165) is 6.42 Å². The van der Waals surface area contributed by atoms with Gasteiger partial charge in [-0.3, -0.25) is 14.4 Å². The maximum absolute atomic E-state index is 13.7. The molecule has 5 aliphatic carbocycles. The Balaban J connectivity index is 1.08. The molecule has 2 aliphatic heterocycles. The van der Waals surface area contributed by atoms with Gasteiger partial charge in [0.1, 0.15) is 28.3 Å². The van der Waals surface area contributed by atoms with Gasteiger partial charge in [0.15, 0.2) is 5.82 Å². The lowest BCUT2D eigenvalue weighted by Crippen LogP contribution is -2.85. The Morgan fingerprint density at radius 1 is 1.06 bits per heavy atom. The molecule has 8 rings (SSSR count). The first kappa shape index (κ1) is 22.5. The molecule has 1 aromatic heterocycles. The summed E-state index contributed by atoms with van der Waals surface area (Å²) in [5.41, 5.74) is -2.09. The third-order valence-corrected chi connectivity index (χ3v) is 10.6. The number of hydrogen-bond acceptors (Lipinski definition) is 7. The van der Waals surface area contributed by atoms with E-state index in [1.54, 1.807) is 25.4 Å². The quantitative estimate of drug-likeness (QED) is 0.304. The Labute approximate surface area is 213 Å². The number of rotatable bonds is 7. The Kier molecular flexibility index (Phi) is 4.38. The number of thiocarbonyl (C=S) groups is 1. The molecule has 4 bridgehead atoms. The molecule has 190 valence electrons. The standard InChI is InChI=1S/C25H30N6O4S/c1-8(2)18(29-20(32)9(3)28-22(36)19-26-5-4-6-27-19)21(33)30-25-15-11-7-10-12-13(11)17(25)16(12)24(35,14(10)15)23(34)31-25/h4-6,8-18,35H,7H2,1-3H3,(H,28,36)(H,29,32)(H,30,33)(H,31,34). The summed E-state index contributed by atoms with van der Waals surface area (Å²) in [4.78, 5) is 48.3. The fourth-order valence-electron chi connectivity index (χ4n) is 9.46. The topological polar surface area (TPSA) is 145 Å². The molecule has 5 N–H and O–H groups in total. The Morgan fingerprint density at radius 2 is 1.72 bits per heavy atom. The van der Waals surface area contributed by atoms with Crippen molar-refractivity contribution in [3.05, 3.63) is 24.3 Å². The molecule has 5 saturated carbocycles. The molecule has 11 heteroatoms. The maximum Gasteiger partial charge on any atom is 0.254 e. The van der Waals surface area contributed by atoms with Crippen molar-refractivity contribution in [3.8, 4) is 0 Å². The predicted octanol–water partition coefficient (Wildman–Crippen LogP) is -0.668. The van der Waals surface area contributed by atoms with Crippen LogP contribution in [0.1, 0.15) is 33.0 Å².